The van der Waals surface area contributed by atoms with Crippen LogP contribution in [0.4, 0.5) is 0 Å². The molecule has 98 valence electrons. The van der Waals surface area contributed by atoms with Gasteiger partial charge >= 0.3 is 0 Å². The van der Waals surface area contributed by atoms with Crippen molar-refractivity contribution in [2.75, 3.05) is 26.9 Å². The number of halogens is 1. The quantitative estimate of drug-likeness (QED) is 0.600. The molecule has 0 saturated carbocycles. The van der Waals surface area contributed by atoms with E-state index < -0.39 is 0 Å². The first-order chi connectivity index (χ1) is 8.67. The Labute approximate surface area is 110 Å². The Morgan fingerprint density at radius 3 is 2.89 bits per heavy atom. The van der Waals surface area contributed by atoms with E-state index in [0.717, 1.165) is 0 Å². The van der Waals surface area contributed by atoms with E-state index in [1.807, 2.05) is 0 Å². The SMILES string of the molecule is COCCNC(=O)COc1ccc(C=O)cc1Cl. The number of carbonyl (C=O) groups is 2. The van der Waals surface area contributed by atoms with Gasteiger partial charge in [-0.3, -0.25) is 9.59 Å². The molecule has 1 rings (SSSR count). The molecule has 0 bridgehead atoms. The van der Waals surface area contributed by atoms with E-state index in [0.29, 0.717) is 35.8 Å². The Balaban J connectivity index is 2.43. The minimum atomic E-state index is -0.261. The molecule has 0 aliphatic carbocycles. The molecule has 1 N–H and O–H groups in total. The van der Waals surface area contributed by atoms with Crippen molar-refractivity contribution in [3.05, 3.63) is 28.8 Å². The fourth-order valence-corrected chi connectivity index (χ4v) is 1.44. The fourth-order valence-electron chi connectivity index (χ4n) is 1.19. The zero-order valence-electron chi connectivity index (χ0n) is 9.94. The van der Waals surface area contributed by atoms with Gasteiger partial charge in [0.25, 0.3) is 5.91 Å². The van der Waals surface area contributed by atoms with E-state index in [1.165, 1.54) is 6.07 Å². The lowest BCUT2D eigenvalue weighted by atomic mass is 10.2. The predicted octanol–water partition coefficient (Wildman–Crippen LogP) is 1.29. The Kier molecular flexibility index (Phi) is 6.18. The topological polar surface area (TPSA) is 64.6 Å². The highest BCUT2D eigenvalue weighted by atomic mass is 35.5. The summed E-state index contributed by atoms with van der Waals surface area (Å²) in [6.45, 7) is 0.737. The molecule has 0 aliphatic heterocycles. The molecule has 0 atom stereocenters. The number of hydrogen-bond donors (Lipinski definition) is 1. The summed E-state index contributed by atoms with van der Waals surface area (Å²) >= 11 is 5.88. The number of carbonyl (C=O) groups excluding carboxylic acids is 2. The molecule has 1 aromatic rings. The van der Waals surface area contributed by atoms with Crippen LogP contribution in [0.15, 0.2) is 18.2 Å². The van der Waals surface area contributed by atoms with E-state index in [1.54, 1.807) is 19.2 Å². The van der Waals surface area contributed by atoms with Crippen LogP contribution in [-0.2, 0) is 9.53 Å². The van der Waals surface area contributed by atoms with E-state index >= 15 is 0 Å². The normalized spacial score (nSPS) is 9.89. The zero-order chi connectivity index (χ0) is 13.4. The van der Waals surface area contributed by atoms with Crippen LogP contribution < -0.4 is 10.1 Å². The summed E-state index contributed by atoms with van der Waals surface area (Å²) in [7, 11) is 1.55. The van der Waals surface area contributed by atoms with E-state index in [4.69, 9.17) is 21.1 Å². The van der Waals surface area contributed by atoms with Crippen molar-refractivity contribution < 1.29 is 19.1 Å². The number of rotatable bonds is 7. The van der Waals surface area contributed by atoms with Gasteiger partial charge in [0.1, 0.15) is 12.0 Å². The first-order valence-corrected chi connectivity index (χ1v) is 5.68. The highest BCUT2D eigenvalue weighted by molar-refractivity contribution is 6.32. The summed E-state index contributed by atoms with van der Waals surface area (Å²) in [5.74, 6) is 0.103. The Morgan fingerprint density at radius 1 is 1.50 bits per heavy atom. The van der Waals surface area contributed by atoms with Crippen molar-refractivity contribution in [1.82, 2.24) is 5.32 Å². The molecule has 0 unspecified atom stereocenters. The lowest BCUT2D eigenvalue weighted by molar-refractivity contribution is -0.123. The molecule has 0 radical (unpaired) electrons. The number of hydrogen-bond acceptors (Lipinski definition) is 4. The first kappa shape index (κ1) is 14.5. The summed E-state index contributed by atoms with van der Waals surface area (Å²) in [6.07, 6.45) is 0.688. The zero-order valence-corrected chi connectivity index (χ0v) is 10.7. The molecule has 5 nitrogen and oxygen atoms in total. The van der Waals surface area contributed by atoms with Crippen molar-refractivity contribution in [3.8, 4) is 5.75 Å². The predicted molar refractivity (Wildman–Crippen MR) is 67.2 cm³/mol. The van der Waals surface area contributed by atoms with Crippen molar-refractivity contribution in [3.63, 3.8) is 0 Å². The summed E-state index contributed by atoms with van der Waals surface area (Å²) in [6, 6.07) is 4.60. The lowest BCUT2D eigenvalue weighted by Crippen LogP contribution is -2.31. The van der Waals surface area contributed by atoms with Gasteiger partial charge in [-0.1, -0.05) is 11.6 Å². The highest BCUT2D eigenvalue weighted by Crippen LogP contribution is 2.24. The van der Waals surface area contributed by atoms with E-state index in [-0.39, 0.29) is 12.5 Å². The summed E-state index contributed by atoms with van der Waals surface area (Å²) < 4.78 is 10.0. The van der Waals surface area contributed by atoms with Gasteiger partial charge in [-0.15, -0.1) is 0 Å². The monoisotopic (exact) mass is 271 g/mol. The van der Waals surface area contributed by atoms with Crippen molar-refractivity contribution in [2.24, 2.45) is 0 Å². The molecule has 0 saturated heterocycles. The van der Waals surface area contributed by atoms with Crippen LogP contribution in [-0.4, -0.2) is 39.1 Å². The summed E-state index contributed by atoms with van der Waals surface area (Å²) in [5.41, 5.74) is 0.455. The molecular formula is C12H14ClNO4. The van der Waals surface area contributed by atoms with Crippen LogP contribution >= 0.6 is 11.6 Å². The van der Waals surface area contributed by atoms with Crippen LogP contribution in [0.5, 0.6) is 5.75 Å². The standard InChI is InChI=1S/C12H14ClNO4/c1-17-5-4-14-12(16)8-18-11-3-2-9(7-15)6-10(11)13/h2-3,6-7H,4-5,8H2,1H3,(H,14,16). The molecule has 0 fully saturated rings. The molecule has 0 aliphatic rings. The Hall–Kier alpha value is -1.59. The second kappa shape index (κ2) is 7.68. The summed E-state index contributed by atoms with van der Waals surface area (Å²) in [5, 5.41) is 2.90. The number of benzene rings is 1. The number of ether oxygens (including phenoxy) is 2. The van der Waals surface area contributed by atoms with Crippen molar-refractivity contribution in [2.45, 2.75) is 0 Å². The van der Waals surface area contributed by atoms with Crippen LogP contribution in [0.25, 0.3) is 0 Å². The molecule has 6 heteroatoms. The van der Waals surface area contributed by atoms with Crippen LogP contribution in [0, 0.1) is 0 Å². The lowest BCUT2D eigenvalue weighted by Gasteiger charge is -2.08. The molecule has 18 heavy (non-hydrogen) atoms. The number of aldehydes is 1. The third kappa shape index (κ3) is 4.73. The van der Waals surface area contributed by atoms with Gasteiger partial charge in [-0.05, 0) is 18.2 Å². The third-order valence-electron chi connectivity index (χ3n) is 2.08. The van der Waals surface area contributed by atoms with Gasteiger partial charge in [-0.2, -0.15) is 0 Å². The van der Waals surface area contributed by atoms with Gasteiger partial charge in [-0.25, -0.2) is 0 Å². The molecule has 1 amide bonds. The third-order valence-corrected chi connectivity index (χ3v) is 2.37. The number of amides is 1. The molecular weight excluding hydrogens is 258 g/mol. The fraction of sp³-hybridized carbons (Fsp3) is 0.333. The van der Waals surface area contributed by atoms with Crippen LogP contribution in [0.3, 0.4) is 0 Å². The maximum atomic E-state index is 11.3. The maximum absolute atomic E-state index is 11.3. The maximum Gasteiger partial charge on any atom is 0.258 e. The Bertz CT molecular complexity index is 423. The first-order valence-electron chi connectivity index (χ1n) is 5.30. The van der Waals surface area contributed by atoms with E-state index in [9.17, 15) is 9.59 Å². The van der Waals surface area contributed by atoms with Gasteiger partial charge < -0.3 is 14.8 Å². The van der Waals surface area contributed by atoms with Gasteiger partial charge in [0.15, 0.2) is 6.61 Å². The second-order valence-corrected chi connectivity index (χ2v) is 3.85. The number of methoxy groups -OCH3 is 1. The van der Waals surface area contributed by atoms with Gasteiger partial charge in [0.2, 0.25) is 0 Å². The molecule has 1 aromatic carbocycles. The van der Waals surface area contributed by atoms with Crippen molar-refractivity contribution >= 4 is 23.8 Å². The Morgan fingerprint density at radius 2 is 2.28 bits per heavy atom. The van der Waals surface area contributed by atoms with Crippen LogP contribution in [0.2, 0.25) is 5.02 Å². The average molecular weight is 272 g/mol. The minimum Gasteiger partial charge on any atom is -0.482 e. The second-order valence-electron chi connectivity index (χ2n) is 3.44. The van der Waals surface area contributed by atoms with Crippen LogP contribution in [0.1, 0.15) is 10.4 Å². The van der Waals surface area contributed by atoms with E-state index in [2.05, 4.69) is 5.32 Å². The number of nitrogens with one attached hydrogen (secondary N) is 1. The minimum absolute atomic E-state index is 0.135. The largest absolute Gasteiger partial charge is 0.482 e. The highest BCUT2D eigenvalue weighted by Gasteiger charge is 2.06. The molecule has 0 aromatic heterocycles. The molecule has 0 spiro atoms. The van der Waals surface area contributed by atoms with Crippen molar-refractivity contribution in [1.29, 1.82) is 0 Å². The summed E-state index contributed by atoms with van der Waals surface area (Å²) in [4.78, 5) is 21.8. The average Bonchev–Trinajstić information content (AvgIpc) is 2.37. The van der Waals surface area contributed by atoms with Gasteiger partial charge in [0, 0.05) is 19.2 Å². The smallest absolute Gasteiger partial charge is 0.258 e. The van der Waals surface area contributed by atoms with Gasteiger partial charge in [0.05, 0.1) is 11.6 Å². The molecule has 0 heterocycles.